The number of carbonyl (C=O) groups excluding carboxylic acids is 2. The van der Waals surface area contributed by atoms with E-state index in [0.717, 1.165) is 80.9 Å². The van der Waals surface area contributed by atoms with E-state index in [0.29, 0.717) is 23.3 Å². The van der Waals surface area contributed by atoms with Gasteiger partial charge in [0.05, 0.1) is 11.4 Å². The number of amides is 2. The van der Waals surface area contributed by atoms with Gasteiger partial charge in [0.1, 0.15) is 23.3 Å². The summed E-state index contributed by atoms with van der Waals surface area (Å²) in [6.07, 6.45) is 14.3. The van der Waals surface area contributed by atoms with Crippen molar-refractivity contribution < 1.29 is 9.59 Å². The van der Waals surface area contributed by atoms with E-state index in [-0.39, 0.29) is 34.5 Å². The zero-order valence-electron chi connectivity index (χ0n) is 31.6. The molecule has 0 saturated heterocycles. The molecular formula is C42H46N10O2. The molecule has 0 aliphatic heterocycles. The minimum absolute atomic E-state index is 0.0385. The van der Waals surface area contributed by atoms with Gasteiger partial charge in [0.15, 0.2) is 0 Å². The van der Waals surface area contributed by atoms with E-state index in [4.69, 9.17) is 11.5 Å². The average molecular weight is 723 g/mol. The molecule has 6 N–H and O–H groups in total. The number of hydrogen-bond donors (Lipinski definition) is 4. The van der Waals surface area contributed by atoms with Crippen LogP contribution in [0.25, 0.3) is 44.1 Å². The van der Waals surface area contributed by atoms with Crippen molar-refractivity contribution in [3.63, 3.8) is 0 Å². The van der Waals surface area contributed by atoms with E-state index >= 15 is 0 Å². The first-order valence-corrected chi connectivity index (χ1v) is 18.4. The number of anilines is 4. The molecule has 0 unspecified atom stereocenters. The van der Waals surface area contributed by atoms with Gasteiger partial charge in [-0.3, -0.25) is 19.6 Å². The Morgan fingerprint density at radius 2 is 1.09 bits per heavy atom. The van der Waals surface area contributed by atoms with E-state index in [1.54, 1.807) is 37.2 Å². The van der Waals surface area contributed by atoms with Crippen molar-refractivity contribution in [3.05, 3.63) is 84.7 Å². The molecule has 8 rings (SSSR count). The molecular weight excluding hydrogens is 677 g/mol. The highest BCUT2D eigenvalue weighted by Gasteiger charge is 2.53. The molecule has 6 aromatic heterocycles. The van der Waals surface area contributed by atoms with Gasteiger partial charge in [-0.2, -0.15) is 0 Å². The summed E-state index contributed by atoms with van der Waals surface area (Å²) < 4.78 is 0. The molecule has 2 fully saturated rings. The Bertz CT molecular complexity index is 2260. The average Bonchev–Trinajstić information content (AvgIpc) is 4.06. The van der Waals surface area contributed by atoms with Crippen molar-refractivity contribution in [1.82, 2.24) is 29.9 Å². The Morgan fingerprint density at radius 3 is 1.44 bits per heavy atom. The summed E-state index contributed by atoms with van der Waals surface area (Å²) in [5.74, 6) is 2.11. The minimum atomic E-state index is 0.0385. The van der Waals surface area contributed by atoms with Crippen molar-refractivity contribution in [1.29, 1.82) is 0 Å². The maximum Gasteiger partial charge on any atom is 0.229 e. The van der Waals surface area contributed by atoms with Crippen LogP contribution in [-0.2, 0) is 9.59 Å². The lowest BCUT2D eigenvalue weighted by atomic mass is 10.0. The third kappa shape index (κ3) is 7.15. The van der Waals surface area contributed by atoms with Crippen molar-refractivity contribution in [2.75, 3.05) is 22.1 Å². The molecule has 6 heterocycles. The fraction of sp³-hybridized carbons (Fsp3) is 0.333. The van der Waals surface area contributed by atoms with Crippen LogP contribution in [0.2, 0.25) is 0 Å². The number of aromatic nitrogens is 6. The second-order valence-corrected chi connectivity index (χ2v) is 15.3. The molecule has 4 atom stereocenters. The molecule has 0 radical (unpaired) electrons. The summed E-state index contributed by atoms with van der Waals surface area (Å²) in [6, 6.07) is 11.5. The van der Waals surface area contributed by atoms with Crippen LogP contribution in [0, 0.1) is 36.5 Å². The van der Waals surface area contributed by atoms with Crippen LogP contribution in [0.4, 0.5) is 23.3 Å². The summed E-state index contributed by atoms with van der Waals surface area (Å²) in [4.78, 5) is 51.0. The first-order chi connectivity index (χ1) is 25.8. The zero-order chi connectivity index (χ0) is 38.4. The fourth-order valence-electron chi connectivity index (χ4n) is 7.07. The van der Waals surface area contributed by atoms with E-state index in [2.05, 4.69) is 68.2 Å². The second-order valence-electron chi connectivity index (χ2n) is 15.3. The predicted octanol–water partition coefficient (Wildman–Crippen LogP) is 7.91. The topological polar surface area (TPSA) is 188 Å². The van der Waals surface area contributed by atoms with Crippen LogP contribution < -0.4 is 22.1 Å². The summed E-state index contributed by atoms with van der Waals surface area (Å²) in [5.41, 5.74) is 18.1. The Labute approximate surface area is 314 Å². The van der Waals surface area contributed by atoms with Crippen molar-refractivity contribution in [2.24, 2.45) is 22.7 Å². The summed E-state index contributed by atoms with van der Waals surface area (Å²) in [7, 11) is 0. The highest BCUT2D eigenvalue weighted by atomic mass is 16.2. The Balaban J connectivity index is 0.000000167. The van der Waals surface area contributed by atoms with E-state index < -0.39 is 0 Å². The molecule has 2 aliphatic carbocycles. The number of aryl methyl sites for hydroxylation is 2. The van der Waals surface area contributed by atoms with Gasteiger partial charge in [-0.1, -0.05) is 27.7 Å². The van der Waals surface area contributed by atoms with Crippen LogP contribution in [-0.4, -0.2) is 41.7 Å². The van der Waals surface area contributed by atoms with Gasteiger partial charge < -0.3 is 22.1 Å². The lowest BCUT2D eigenvalue weighted by Gasteiger charge is -2.11. The van der Waals surface area contributed by atoms with Gasteiger partial charge in [0.2, 0.25) is 11.8 Å². The largest absolute Gasteiger partial charge is 0.383 e. The van der Waals surface area contributed by atoms with Gasteiger partial charge in [-0.25, -0.2) is 19.9 Å². The van der Waals surface area contributed by atoms with E-state index in [1.165, 1.54) is 0 Å². The number of nitrogens with zero attached hydrogens (tertiary/aromatic N) is 6. The van der Waals surface area contributed by atoms with Crippen molar-refractivity contribution in [2.45, 2.75) is 67.2 Å². The third-order valence-electron chi connectivity index (χ3n) is 11.6. The summed E-state index contributed by atoms with van der Waals surface area (Å²) in [5, 5.41) is 9.22. The molecule has 0 bridgehead atoms. The Morgan fingerprint density at radius 1 is 0.685 bits per heavy atom. The lowest BCUT2D eigenvalue weighted by molar-refractivity contribution is -0.118. The molecule has 2 aliphatic rings. The molecule has 0 spiro atoms. The zero-order valence-corrected chi connectivity index (χ0v) is 31.6. The van der Waals surface area contributed by atoms with E-state index in [1.807, 2.05) is 50.2 Å². The van der Waals surface area contributed by atoms with Crippen molar-refractivity contribution >= 4 is 56.6 Å². The number of hydrogen-bond acceptors (Lipinski definition) is 10. The summed E-state index contributed by atoms with van der Waals surface area (Å²) in [6.45, 7) is 12.6. The molecule has 6 aromatic rings. The standard InChI is InChI=1S/2C21H23N5O/c2*1-4-21(3)9-16(21)20(27)26-18-8-13-7-17(14-10-23-6-5-12(14)2)25-19(22)15(13)11-24-18/h2*5-8,10-11,16H,4,9H2,1-3H3,(H2,22,25)(H,24,26,27)/t16-,21+;16-,21-/m11/s1. The van der Waals surface area contributed by atoms with Crippen LogP contribution in [0.1, 0.15) is 64.5 Å². The molecule has 12 heteroatoms. The number of carbonyl (C=O) groups is 2. The highest BCUT2D eigenvalue weighted by molar-refractivity contribution is 6.00. The predicted molar refractivity (Wildman–Crippen MR) is 214 cm³/mol. The first-order valence-electron chi connectivity index (χ1n) is 18.4. The van der Waals surface area contributed by atoms with Gasteiger partial charge in [0.25, 0.3) is 0 Å². The van der Waals surface area contributed by atoms with Crippen molar-refractivity contribution in [3.8, 4) is 22.5 Å². The van der Waals surface area contributed by atoms with Gasteiger partial charge >= 0.3 is 0 Å². The molecule has 276 valence electrons. The first kappa shape index (κ1) is 36.3. The smallest absolute Gasteiger partial charge is 0.229 e. The van der Waals surface area contributed by atoms with Crippen LogP contribution in [0.15, 0.2) is 73.6 Å². The molecule has 0 aromatic carbocycles. The van der Waals surface area contributed by atoms with Crippen LogP contribution >= 0.6 is 0 Å². The SMILES string of the molecule is CC[C@@]1(C)C[C@@H]1C(=O)Nc1cc2cc(-c3cnccc3C)nc(N)c2cn1.CC[C@]1(C)C[C@@H]1C(=O)Nc1cc2cc(-c3cnccc3C)nc(N)c2cn1. The lowest BCUT2D eigenvalue weighted by Crippen LogP contribution is -2.18. The Kier molecular flexibility index (Phi) is 9.47. The number of nitrogens with one attached hydrogen (secondary N) is 2. The monoisotopic (exact) mass is 722 g/mol. The number of nitrogens with two attached hydrogens (primary N) is 2. The van der Waals surface area contributed by atoms with Crippen LogP contribution in [0.3, 0.4) is 0 Å². The fourth-order valence-corrected chi connectivity index (χ4v) is 7.07. The Hall–Kier alpha value is -6.04. The highest BCUT2D eigenvalue weighted by Crippen LogP contribution is 2.55. The number of nitrogen functional groups attached to an aromatic ring is 2. The van der Waals surface area contributed by atoms with Crippen LogP contribution in [0.5, 0.6) is 0 Å². The van der Waals surface area contributed by atoms with Gasteiger partial charge in [0, 0.05) is 70.9 Å². The number of pyridine rings is 6. The maximum atomic E-state index is 12.5. The number of rotatable bonds is 8. The maximum absolute atomic E-state index is 12.5. The van der Waals surface area contributed by atoms with E-state index in [9.17, 15) is 9.59 Å². The van der Waals surface area contributed by atoms with Gasteiger partial charge in [-0.15, -0.1) is 0 Å². The molecule has 2 saturated carbocycles. The molecule has 2 amide bonds. The molecule has 54 heavy (non-hydrogen) atoms. The number of fused-ring (bicyclic) bond motifs is 2. The third-order valence-corrected chi connectivity index (χ3v) is 11.6. The quantitative estimate of drug-likeness (QED) is 0.120. The summed E-state index contributed by atoms with van der Waals surface area (Å²) >= 11 is 0. The minimum Gasteiger partial charge on any atom is -0.383 e. The van der Waals surface area contributed by atoms with Gasteiger partial charge in [-0.05, 0) is 109 Å². The molecule has 12 nitrogen and oxygen atoms in total. The second kappa shape index (κ2) is 14.1. The normalized spacial score (nSPS) is 21.2.